The third-order valence-electron chi connectivity index (χ3n) is 6.29. The highest BCUT2D eigenvalue weighted by molar-refractivity contribution is 6.09. The minimum absolute atomic E-state index is 0.100. The molecule has 1 unspecified atom stereocenters. The van der Waals surface area contributed by atoms with Crippen LogP contribution in [0.4, 0.5) is 0 Å². The van der Waals surface area contributed by atoms with Crippen molar-refractivity contribution in [3.05, 3.63) is 114 Å². The molecule has 0 saturated heterocycles. The van der Waals surface area contributed by atoms with Crippen LogP contribution in [-0.2, 0) is 0 Å². The van der Waals surface area contributed by atoms with Gasteiger partial charge in [0.25, 0.3) is 0 Å². The summed E-state index contributed by atoms with van der Waals surface area (Å²) in [5, 5.41) is 4.90. The van der Waals surface area contributed by atoms with Crippen LogP contribution in [0.3, 0.4) is 0 Å². The van der Waals surface area contributed by atoms with Gasteiger partial charge in [-0.05, 0) is 38.7 Å². The first-order valence-electron chi connectivity index (χ1n) is 11.0. The van der Waals surface area contributed by atoms with Crippen molar-refractivity contribution in [2.45, 2.75) is 5.92 Å². The first-order valence-corrected chi connectivity index (χ1v) is 11.0. The lowest BCUT2D eigenvalue weighted by Crippen LogP contribution is -2.09. The van der Waals surface area contributed by atoms with Crippen LogP contribution >= 0.6 is 0 Å². The average Bonchev–Trinajstić information content (AvgIpc) is 2.89. The normalized spacial score (nSPS) is 12.0. The number of benzene rings is 5. The Morgan fingerprint density at radius 2 is 1.12 bits per heavy atom. The Morgan fingerprint density at radius 1 is 0.545 bits per heavy atom. The smallest absolute Gasteiger partial charge is 0.130 e. The Morgan fingerprint density at radius 3 is 1.76 bits per heavy atom. The molecular formula is C30H26O3. The van der Waals surface area contributed by atoms with Crippen LogP contribution in [0.25, 0.3) is 21.5 Å². The number of hydrogen-bond donors (Lipinski definition) is 0. The maximum atomic E-state index is 5.89. The van der Waals surface area contributed by atoms with Crippen LogP contribution in [-0.4, -0.2) is 21.3 Å². The molecule has 5 aromatic rings. The molecule has 0 bridgehead atoms. The van der Waals surface area contributed by atoms with Crippen LogP contribution in [0.5, 0.6) is 17.2 Å². The summed E-state index contributed by atoms with van der Waals surface area (Å²) in [6.07, 6.45) is 0. The number of methoxy groups -OCH3 is 3. The van der Waals surface area contributed by atoms with Gasteiger partial charge in [0.2, 0.25) is 0 Å². The minimum Gasteiger partial charge on any atom is -0.496 e. The van der Waals surface area contributed by atoms with Crippen molar-refractivity contribution in [1.29, 1.82) is 0 Å². The summed E-state index contributed by atoms with van der Waals surface area (Å²) in [5.74, 6) is 2.06. The Bertz CT molecular complexity index is 1400. The zero-order valence-electron chi connectivity index (χ0n) is 19.0. The second-order valence-corrected chi connectivity index (χ2v) is 8.02. The molecule has 0 aliphatic heterocycles. The van der Waals surface area contributed by atoms with Crippen molar-refractivity contribution < 1.29 is 14.2 Å². The van der Waals surface area contributed by atoms with Gasteiger partial charge in [0.15, 0.2) is 0 Å². The zero-order valence-corrected chi connectivity index (χ0v) is 19.0. The fourth-order valence-corrected chi connectivity index (χ4v) is 4.79. The van der Waals surface area contributed by atoms with Gasteiger partial charge in [-0.2, -0.15) is 0 Å². The molecule has 0 saturated carbocycles. The highest BCUT2D eigenvalue weighted by atomic mass is 16.5. The van der Waals surface area contributed by atoms with E-state index in [1.807, 2.05) is 18.2 Å². The largest absolute Gasteiger partial charge is 0.496 e. The Balaban J connectivity index is 1.91. The fourth-order valence-electron chi connectivity index (χ4n) is 4.79. The second-order valence-electron chi connectivity index (χ2n) is 8.02. The molecule has 3 heteroatoms. The maximum Gasteiger partial charge on any atom is 0.130 e. The first-order chi connectivity index (χ1) is 16.2. The SMILES string of the molecule is COc1cc(OC)c(C(c2ccccc2)c2cc3ccccc3c3ccccc23)c(OC)c1. The second kappa shape index (κ2) is 8.87. The number of rotatable bonds is 6. The molecular weight excluding hydrogens is 408 g/mol. The monoisotopic (exact) mass is 434 g/mol. The van der Waals surface area contributed by atoms with Gasteiger partial charge in [-0.25, -0.2) is 0 Å². The molecule has 5 aromatic carbocycles. The van der Waals surface area contributed by atoms with E-state index < -0.39 is 0 Å². The number of ether oxygens (including phenoxy) is 3. The van der Waals surface area contributed by atoms with Crippen LogP contribution in [0.15, 0.2) is 97.1 Å². The molecule has 0 aliphatic rings. The van der Waals surface area contributed by atoms with Gasteiger partial charge in [0.1, 0.15) is 17.2 Å². The van der Waals surface area contributed by atoms with E-state index in [-0.39, 0.29) is 5.92 Å². The van der Waals surface area contributed by atoms with Crippen LogP contribution in [0.1, 0.15) is 22.6 Å². The van der Waals surface area contributed by atoms with Crippen LogP contribution in [0.2, 0.25) is 0 Å². The van der Waals surface area contributed by atoms with Gasteiger partial charge >= 0.3 is 0 Å². The zero-order chi connectivity index (χ0) is 22.8. The van der Waals surface area contributed by atoms with Crippen molar-refractivity contribution in [2.75, 3.05) is 21.3 Å². The molecule has 0 spiro atoms. The maximum absolute atomic E-state index is 5.89. The molecule has 0 N–H and O–H groups in total. The van der Waals surface area contributed by atoms with Gasteiger partial charge in [-0.1, -0.05) is 78.9 Å². The summed E-state index contributed by atoms with van der Waals surface area (Å²) in [6.45, 7) is 0. The van der Waals surface area contributed by atoms with E-state index in [2.05, 4.69) is 78.9 Å². The lowest BCUT2D eigenvalue weighted by molar-refractivity contribution is 0.368. The summed E-state index contributed by atoms with van der Waals surface area (Å²) in [7, 11) is 5.04. The highest BCUT2D eigenvalue weighted by Crippen LogP contribution is 2.47. The molecule has 3 nitrogen and oxygen atoms in total. The topological polar surface area (TPSA) is 27.7 Å². The summed E-state index contributed by atoms with van der Waals surface area (Å²) in [5.41, 5.74) is 3.35. The lowest BCUT2D eigenvalue weighted by atomic mass is 9.80. The molecule has 0 amide bonds. The average molecular weight is 435 g/mol. The van der Waals surface area contributed by atoms with E-state index in [4.69, 9.17) is 14.2 Å². The van der Waals surface area contributed by atoms with Gasteiger partial charge in [-0.3, -0.25) is 0 Å². The lowest BCUT2D eigenvalue weighted by Gasteiger charge is -2.26. The molecule has 0 heterocycles. The highest BCUT2D eigenvalue weighted by Gasteiger charge is 2.27. The van der Waals surface area contributed by atoms with Gasteiger partial charge < -0.3 is 14.2 Å². The minimum atomic E-state index is -0.100. The van der Waals surface area contributed by atoms with E-state index in [1.165, 1.54) is 32.7 Å². The Kier molecular flexibility index (Phi) is 5.62. The number of fused-ring (bicyclic) bond motifs is 3. The Hall–Kier alpha value is -3.98. The molecule has 0 radical (unpaired) electrons. The third-order valence-corrected chi connectivity index (χ3v) is 6.29. The van der Waals surface area contributed by atoms with Crippen molar-refractivity contribution >= 4 is 21.5 Å². The van der Waals surface area contributed by atoms with Gasteiger partial charge in [-0.15, -0.1) is 0 Å². The molecule has 0 aliphatic carbocycles. The van der Waals surface area contributed by atoms with Crippen molar-refractivity contribution in [3.63, 3.8) is 0 Å². The standard InChI is InChI=1S/C30H26O3/c1-31-22-18-27(32-2)30(28(19-22)33-3)29(20-11-5-4-6-12-20)26-17-21-13-7-8-14-23(21)24-15-9-10-16-25(24)26/h4-19,29H,1-3H3. The van der Waals surface area contributed by atoms with E-state index in [1.54, 1.807) is 21.3 Å². The van der Waals surface area contributed by atoms with E-state index in [0.717, 1.165) is 17.1 Å². The molecule has 5 rings (SSSR count). The summed E-state index contributed by atoms with van der Waals surface area (Å²) in [4.78, 5) is 0. The molecule has 164 valence electrons. The van der Waals surface area contributed by atoms with E-state index in [9.17, 15) is 0 Å². The summed E-state index contributed by atoms with van der Waals surface area (Å²) in [6, 6.07) is 33.8. The van der Waals surface area contributed by atoms with Crippen LogP contribution in [0, 0.1) is 0 Å². The predicted octanol–water partition coefficient (Wildman–Crippen LogP) is 7.20. The molecule has 33 heavy (non-hydrogen) atoms. The van der Waals surface area contributed by atoms with E-state index in [0.29, 0.717) is 5.75 Å². The molecule has 1 atom stereocenters. The van der Waals surface area contributed by atoms with Crippen molar-refractivity contribution in [3.8, 4) is 17.2 Å². The number of hydrogen-bond acceptors (Lipinski definition) is 3. The third kappa shape index (κ3) is 3.66. The quantitative estimate of drug-likeness (QED) is 0.209. The van der Waals surface area contributed by atoms with Gasteiger partial charge in [0.05, 0.1) is 21.3 Å². The van der Waals surface area contributed by atoms with Crippen molar-refractivity contribution in [1.82, 2.24) is 0 Å². The summed E-state index contributed by atoms with van der Waals surface area (Å²) >= 11 is 0. The van der Waals surface area contributed by atoms with Gasteiger partial charge in [0, 0.05) is 23.6 Å². The molecule has 0 fully saturated rings. The first kappa shape index (κ1) is 20.9. The predicted molar refractivity (Wildman–Crippen MR) is 135 cm³/mol. The fraction of sp³-hybridized carbons (Fsp3) is 0.133. The molecule has 0 aromatic heterocycles. The van der Waals surface area contributed by atoms with Crippen molar-refractivity contribution in [2.24, 2.45) is 0 Å². The summed E-state index contributed by atoms with van der Waals surface area (Å²) < 4.78 is 17.3. The van der Waals surface area contributed by atoms with E-state index >= 15 is 0 Å². The Labute approximate surface area is 194 Å². The van der Waals surface area contributed by atoms with Crippen LogP contribution < -0.4 is 14.2 Å².